The number of aryl methyl sites for hydroxylation is 3. The van der Waals surface area contributed by atoms with Crippen LogP contribution < -0.4 is 5.73 Å². The lowest BCUT2D eigenvalue weighted by molar-refractivity contribution is 0.636. The summed E-state index contributed by atoms with van der Waals surface area (Å²) < 4.78 is 1.76. The first-order valence-electron chi connectivity index (χ1n) is 9.58. The fraction of sp³-hybridized carbons (Fsp3) is 0.227. The van der Waals surface area contributed by atoms with E-state index >= 15 is 0 Å². The van der Waals surface area contributed by atoms with Crippen LogP contribution in [-0.4, -0.2) is 29.9 Å². The lowest BCUT2D eigenvalue weighted by atomic mass is 10.0. The molecule has 0 unspecified atom stereocenters. The normalized spacial score (nSPS) is 11.0. The molecule has 2 N–H and O–H groups in total. The number of nitrogens with zero attached hydrogens (tertiary/aromatic N) is 6. The van der Waals surface area contributed by atoms with Crippen LogP contribution in [0.3, 0.4) is 0 Å². The summed E-state index contributed by atoms with van der Waals surface area (Å²) in [6.45, 7) is 6.77. The molecule has 4 rings (SSSR count). The van der Waals surface area contributed by atoms with Gasteiger partial charge in [-0.05, 0) is 50.6 Å². The van der Waals surface area contributed by atoms with Crippen molar-refractivity contribution >= 4 is 5.95 Å². The van der Waals surface area contributed by atoms with Crippen molar-refractivity contribution in [2.75, 3.05) is 5.73 Å². The summed E-state index contributed by atoms with van der Waals surface area (Å²) >= 11 is 0. The van der Waals surface area contributed by atoms with E-state index in [-0.39, 0.29) is 5.95 Å². The van der Waals surface area contributed by atoms with Crippen LogP contribution in [0.2, 0.25) is 0 Å². The van der Waals surface area contributed by atoms with E-state index in [2.05, 4.69) is 64.2 Å². The molecule has 7 heteroatoms. The summed E-state index contributed by atoms with van der Waals surface area (Å²) in [5, 5.41) is 8.50. The molecule has 4 aromatic rings. The maximum atomic E-state index is 5.99. The SMILES string of the molecule is CCc1cccc(Cn2cc(-c3cc(-c4cc(C)cc(C)c4)nc(N)n3)nn2)n1. The average Bonchev–Trinajstić information content (AvgIpc) is 3.15. The molecule has 0 fully saturated rings. The zero-order chi connectivity index (χ0) is 20.4. The maximum absolute atomic E-state index is 5.99. The van der Waals surface area contributed by atoms with Gasteiger partial charge in [-0.15, -0.1) is 5.10 Å². The Morgan fingerprint density at radius 3 is 2.34 bits per heavy atom. The van der Waals surface area contributed by atoms with Gasteiger partial charge in [0.15, 0.2) is 0 Å². The Hall–Kier alpha value is -3.61. The lowest BCUT2D eigenvalue weighted by Crippen LogP contribution is -2.03. The predicted molar refractivity (Wildman–Crippen MR) is 113 cm³/mol. The summed E-state index contributed by atoms with van der Waals surface area (Å²) in [6.07, 6.45) is 2.76. The largest absolute Gasteiger partial charge is 0.368 e. The van der Waals surface area contributed by atoms with E-state index < -0.39 is 0 Å². The van der Waals surface area contributed by atoms with Gasteiger partial charge in [0.2, 0.25) is 5.95 Å². The van der Waals surface area contributed by atoms with Gasteiger partial charge in [-0.1, -0.05) is 35.4 Å². The minimum atomic E-state index is 0.212. The van der Waals surface area contributed by atoms with Gasteiger partial charge >= 0.3 is 0 Å². The van der Waals surface area contributed by atoms with E-state index in [1.165, 1.54) is 11.1 Å². The van der Waals surface area contributed by atoms with E-state index in [1.54, 1.807) is 4.68 Å². The van der Waals surface area contributed by atoms with Crippen molar-refractivity contribution in [3.8, 4) is 22.6 Å². The number of anilines is 1. The van der Waals surface area contributed by atoms with E-state index in [1.807, 2.05) is 30.5 Å². The molecule has 0 aliphatic rings. The zero-order valence-electron chi connectivity index (χ0n) is 16.8. The predicted octanol–water partition coefficient (Wildman–Crippen LogP) is 3.61. The molecule has 0 aliphatic heterocycles. The molecule has 0 bridgehead atoms. The van der Waals surface area contributed by atoms with Gasteiger partial charge in [0.05, 0.1) is 29.8 Å². The first kappa shape index (κ1) is 18.7. The highest BCUT2D eigenvalue weighted by Crippen LogP contribution is 2.25. The average molecular weight is 385 g/mol. The Morgan fingerprint density at radius 2 is 1.59 bits per heavy atom. The number of benzene rings is 1. The fourth-order valence-electron chi connectivity index (χ4n) is 3.34. The van der Waals surface area contributed by atoms with Crippen LogP contribution in [0.5, 0.6) is 0 Å². The highest BCUT2D eigenvalue weighted by atomic mass is 15.4. The smallest absolute Gasteiger partial charge is 0.221 e. The number of rotatable bonds is 5. The first-order valence-corrected chi connectivity index (χ1v) is 9.58. The van der Waals surface area contributed by atoms with Crippen LogP contribution in [0.4, 0.5) is 5.95 Å². The van der Waals surface area contributed by atoms with Crippen molar-refractivity contribution in [3.05, 3.63) is 71.2 Å². The highest BCUT2D eigenvalue weighted by Gasteiger charge is 2.11. The Bertz CT molecular complexity index is 1140. The van der Waals surface area contributed by atoms with Gasteiger partial charge in [0, 0.05) is 11.3 Å². The van der Waals surface area contributed by atoms with Crippen molar-refractivity contribution in [2.24, 2.45) is 0 Å². The van der Waals surface area contributed by atoms with Crippen LogP contribution in [0.25, 0.3) is 22.6 Å². The van der Waals surface area contributed by atoms with Gasteiger partial charge in [-0.3, -0.25) is 4.98 Å². The molecule has 0 saturated heterocycles. The molecule has 3 aromatic heterocycles. The molecule has 7 nitrogen and oxygen atoms in total. The molecule has 29 heavy (non-hydrogen) atoms. The van der Waals surface area contributed by atoms with E-state index in [4.69, 9.17) is 5.73 Å². The van der Waals surface area contributed by atoms with Crippen molar-refractivity contribution < 1.29 is 0 Å². The molecule has 0 spiro atoms. The van der Waals surface area contributed by atoms with Crippen molar-refractivity contribution in [3.63, 3.8) is 0 Å². The molecule has 0 atom stereocenters. The topological polar surface area (TPSA) is 95.4 Å². The number of aromatic nitrogens is 6. The second-order valence-electron chi connectivity index (χ2n) is 7.15. The maximum Gasteiger partial charge on any atom is 0.221 e. The van der Waals surface area contributed by atoms with Crippen molar-refractivity contribution in [1.82, 2.24) is 29.9 Å². The highest BCUT2D eigenvalue weighted by molar-refractivity contribution is 5.68. The molecular weight excluding hydrogens is 362 g/mol. The van der Waals surface area contributed by atoms with E-state index in [9.17, 15) is 0 Å². The summed E-state index contributed by atoms with van der Waals surface area (Å²) in [5.41, 5.74) is 13.4. The third kappa shape index (κ3) is 4.29. The number of hydrogen-bond donors (Lipinski definition) is 1. The number of pyridine rings is 1. The summed E-state index contributed by atoms with van der Waals surface area (Å²) in [6, 6.07) is 14.2. The molecule has 0 saturated carbocycles. The Morgan fingerprint density at radius 1 is 0.862 bits per heavy atom. The standard InChI is InChI=1S/C22H23N7/c1-4-17-6-5-7-18(24-17)12-29-13-21(27-28-29)20-11-19(25-22(23)26-20)16-9-14(2)8-15(3)10-16/h5-11,13H,4,12H2,1-3H3,(H2,23,25,26). The monoisotopic (exact) mass is 385 g/mol. The summed E-state index contributed by atoms with van der Waals surface area (Å²) in [5.74, 6) is 0.212. The van der Waals surface area contributed by atoms with Crippen molar-refractivity contribution in [1.29, 1.82) is 0 Å². The third-order valence-corrected chi connectivity index (χ3v) is 4.61. The third-order valence-electron chi connectivity index (χ3n) is 4.61. The Balaban J connectivity index is 1.64. The second-order valence-corrected chi connectivity index (χ2v) is 7.15. The van der Waals surface area contributed by atoms with Crippen molar-refractivity contribution in [2.45, 2.75) is 33.7 Å². The van der Waals surface area contributed by atoms with Gasteiger partial charge in [-0.2, -0.15) is 0 Å². The van der Waals surface area contributed by atoms with Crippen LogP contribution >= 0.6 is 0 Å². The molecule has 0 aliphatic carbocycles. The van der Waals surface area contributed by atoms with Gasteiger partial charge in [0.25, 0.3) is 0 Å². The lowest BCUT2D eigenvalue weighted by Gasteiger charge is -2.07. The van der Waals surface area contributed by atoms with Gasteiger partial charge in [-0.25, -0.2) is 14.6 Å². The van der Waals surface area contributed by atoms with Crippen LogP contribution in [0.1, 0.15) is 29.4 Å². The quantitative estimate of drug-likeness (QED) is 0.564. The van der Waals surface area contributed by atoms with Gasteiger partial charge < -0.3 is 5.73 Å². The fourth-order valence-corrected chi connectivity index (χ4v) is 3.34. The Labute approximate surface area is 169 Å². The summed E-state index contributed by atoms with van der Waals surface area (Å²) in [7, 11) is 0. The molecule has 0 amide bonds. The number of nitrogen functional groups attached to an aromatic ring is 1. The Kier molecular flexibility index (Phi) is 5.03. The number of hydrogen-bond acceptors (Lipinski definition) is 6. The molecule has 3 heterocycles. The molecular formula is C22H23N7. The van der Waals surface area contributed by atoms with Crippen LogP contribution in [-0.2, 0) is 13.0 Å². The molecule has 1 aromatic carbocycles. The van der Waals surface area contributed by atoms with E-state index in [0.717, 1.165) is 29.1 Å². The van der Waals surface area contributed by atoms with Gasteiger partial charge in [0.1, 0.15) is 5.69 Å². The zero-order valence-corrected chi connectivity index (χ0v) is 16.8. The molecule has 146 valence electrons. The minimum Gasteiger partial charge on any atom is -0.368 e. The minimum absolute atomic E-state index is 0.212. The molecule has 0 radical (unpaired) electrons. The van der Waals surface area contributed by atoms with Crippen LogP contribution in [0.15, 0.2) is 48.7 Å². The van der Waals surface area contributed by atoms with E-state index in [0.29, 0.717) is 17.9 Å². The summed E-state index contributed by atoms with van der Waals surface area (Å²) in [4.78, 5) is 13.4. The first-order chi connectivity index (χ1) is 14.0. The number of nitrogens with two attached hydrogens (primary N) is 1. The van der Waals surface area contributed by atoms with Crippen LogP contribution in [0, 0.1) is 13.8 Å². The second kappa shape index (κ2) is 7.79.